The third-order valence-electron chi connectivity index (χ3n) is 5.62. The zero-order chi connectivity index (χ0) is 13.2. The van der Waals surface area contributed by atoms with Gasteiger partial charge in [-0.05, 0) is 56.4 Å². The molecule has 1 heterocycles. The van der Waals surface area contributed by atoms with Crippen LogP contribution < -0.4 is 0 Å². The average molecular weight is 253 g/mol. The number of aliphatic hydroxyl groups is 1. The first kappa shape index (κ1) is 14.3. The molecule has 0 aromatic rings. The largest absolute Gasteiger partial charge is 0.390 e. The molecule has 0 bridgehead atoms. The van der Waals surface area contributed by atoms with Crippen LogP contribution in [0.25, 0.3) is 0 Å². The summed E-state index contributed by atoms with van der Waals surface area (Å²) in [6, 6.07) is 0. The van der Waals surface area contributed by atoms with Crippen LogP contribution in [0.5, 0.6) is 0 Å². The molecule has 3 unspecified atom stereocenters. The molecule has 0 spiro atoms. The van der Waals surface area contributed by atoms with E-state index in [0.29, 0.717) is 5.92 Å². The second kappa shape index (κ2) is 5.92. The zero-order valence-corrected chi connectivity index (χ0v) is 12.5. The second-order valence-corrected chi connectivity index (χ2v) is 6.91. The Morgan fingerprint density at radius 1 is 1.11 bits per heavy atom. The summed E-state index contributed by atoms with van der Waals surface area (Å²) in [4.78, 5) is 2.52. The quantitative estimate of drug-likeness (QED) is 0.834. The van der Waals surface area contributed by atoms with Crippen LogP contribution in [0, 0.1) is 17.8 Å². The van der Waals surface area contributed by atoms with E-state index in [-0.39, 0.29) is 5.60 Å². The highest BCUT2D eigenvalue weighted by Gasteiger charge is 2.42. The average Bonchev–Trinajstić information content (AvgIpc) is 2.36. The summed E-state index contributed by atoms with van der Waals surface area (Å²) in [7, 11) is 0. The van der Waals surface area contributed by atoms with Crippen molar-refractivity contribution < 1.29 is 5.11 Å². The SMILES string of the molecule is CCCN1CCC(O)(C2CCC(C)C(C)C2)CC1. The van der Waals surface area contributed by atoms with Crippen LogP contribution in [-0.2, 0) is 0 Å². The van der Waals surface area contributed by atoms with E-state index in [1.807, 2.05) is 0 Å². The molecule has 2 nitrogen and oxygen atoms in total. The third kappa shape index (κ3) is 3.08. The topological polar surface area (TPSA) is 23.5 Å². The fourth-order valence-corrected chi connectivity index (χ4v) is 3.92. The molecule has 0 radical (unpaired) electrons. The van der Waals surface area contributed by atoms with E-state index < -0.39 is 0 Å². The van der Waals surface area contributed by atoms with Crippen LogP contribution in [0.4, 0.5) is 0 Å². The van der Waals surface area contributed by atoms with E-state index in [9.17, 15) is 5.11 Å². The number of likely N-dealkylation sites (tertiary alicyclic amines) is 1. The van der Waals surface area contributed by atoms with Gasteiger partial charge in [-0.25, -0.2) is 0 Å². The molecule has 1 aliphatic carbocycles. The van der Waals surface area contributed by atoms with Gasteiger partial charge in [0.05, 0.1) is 5.60 Å². The molecule has 3 atom stereocenters. The number of hydrogen-bond acceptors (Lipinski definition) is 2. The zero-order valence-electron chi connectivity index (χ0n) is 12.5. The molecule has 18 heavy (non-hydrogen) atoms. The molecule has 0 aromatic heterocycles. The maximum absolute atomic E-state index is 11.0. The van der Waals surface area contributed by atoms with E-state index in [0.717, 1.165) is 37.8 Å². The Morgan fingerprint density at radius 2 is 1.78 bits per heavy atom. The highest BCUT2D eigenvalue weighted by atomic mass is 16.3. The summed E-state index contributed by atoms with van der Waals surface area (Å²) in [5.41, 5.74) is -0.349. The molecule has 1 saturated carbocycles. The minimum atomic E-state index is -0.349. The molecule has 0 aromatic carbocycles. The Labute approximate surface area is 113 Å². The van der Waals surface area contributed by atoms with Crippen LogP contribution in [0.2, 0.25) is 0 Å². The maximum Gasteiger partial charge on any atom is 0.0700 e. The highest BCUT2D eigenvalue weighted by molar-refractivity contribution is 4.94. The van der Waals surface area contributed by atoms with Crippen LogP contribution in [0.3, 0.4) is 0 Å². The van der Waals surface area contributed by atoms with Gasteiger partial charge in [-0.2, -0.15) is 0 Å². The Bertz CT molecular complexity index is 258. The molecule has 2 aliphatic rings. The van der Waals surface area contributed by atoms with Crippen molar-refractivity contribution in [3.63, 3.8) is 0 Å². The maximum atomic E-state index is 11.0. The standard InChI is InChI=1S/C16H31NO/c1-4-9-17-10-7-16(18,8-11-17)15-6-5-13(2)14(3)12-15/h13-15,18H,4-12H2,1-3H3. The highest BCUT2D eigenvalue weighted by Crippen LogP contribution is 2.42. The van der Waals surface area contributed by atoms with Gasteiger partial charge in [0.25, 0.3) is 0 Å². The number of hydrogen-bond donors (Lipinski definition) is 1. The first-order valence-corrected chi connectivity index (χ1v) is 8.00. The monoisotopic (exact) mass is 253 g/mol. The van der Waals surface area contributed by atoms with Gasteiger partial charge in [0.2, 0.25) is 0 Å². The van der Waals surface area contributed by atoms with Gasteiger partial charge in [-0.3, -0.25) is 0 Å². The summed E-state index contributed by atoms with van der Waals surface area (Å²) in [6.07, 6.45) is 7.03. The molecule has 1 N–H and O–H groups in total. The lowest BCUT2D eigenvalue weighted by Crippen LogP contribution is -2.50. The number of rotatable bonds is 3. The van der Waals surface area contributed by atoms with Crippen LogP contribution >= 0.6 is 0 Å². The van der Waals surface area contributed by atoms with Gasteiger partial charge in [0.15, 0.2) is 0 Å². The van der Waals surface area contributed by atoms with Crippen molar-refractivity contribution in [2.75, 3.05) is 19.6 Å². The lowest BCUT2D eigenvalue weighted by Gasteiger charge is -2.46. The van der Waals surface area contributed by atoms with Crippen molar-refractivity contribution in [1.29, 1.82) is 0 Å². The molecular weight excluding hydrogens is 222 g/mol. The number of piperidine rings is 1. The molecular formula is C16H31NO. The van der Waals surface area contributed by atoms with E-state index in [1.54, 1.807) is 0 Å². The van der Waals surface area contributed by atoms with E-state index in [1.165, 1.54) is 32.2 Å². The summed E-state index contributed by atoms with van der Waals surface area (Å²) in [6.45, 7) is 10.4. The van der Waals surface area contributed by atoms with Gasteiger partial charge >= 0.3 is 0 Å². The summed E-state index contributed by atoms with van der Waals surface area (Å²) >= 11 is 0. The Balaban J connectivity index is 1.89. The molecule has 2 fully saturated rings. The first-order chi connectivity index (χ1) is 8.55. The minimum absolute atomic E-state index is 0.349. The van der Waals surface area contributed by atoms with Crippen LogP contribution in [0.15, 0.2) is 0 Å². The van der Waals surface area contributed by atoms with Crippen molar-refractivity contribution >= 4 is 0 Å². The molecule has 106 valence electrons. The Hall–Kier alpha value is -0.0800. The van der Waals surface area contributed by atoms with Crippen molar-refractivity contribution in [2.24, 2.45) is 17.8 Å². The van der Waals surface area contributed by atoms with Crippen molar-refractivity contribution in [2.45, 2.75) is 64.9 Å². The lowest BCUT2D eigenvalue weighted by molar-refractivity contribution is -0.0868. The second-order valence-electron chi connectivity index (χ2n) is 6.91. The van der Waals surface area contributed by atoms with E-state index >= 15 is 0 Å². The van der Waals surface area contributed by atoms with Gasteiger partial charge in [0, 0.05) is 13.1 Å². The van der Waals surface area contributed by atoms with Gasteiger partial charge in [-0.1, -0.05) is 27.2 Å². The fourth-order valence-electron chi connectivity index (χ4n) is 3.92. The summed E-state index contributed by atoms with van der Waals surface area (Å²) < 4.78 is 0. The molecule has 1 saturated heterocycles. The van der Waals surface area contributed by atoms with Gasteiger partial charge in [0.1, 0.15) is 0 Å². The van der Waals surface area contributed by atoms with E-state index in [4.69, 9.17) is 0 Å². The third-order valence-corrected chi connectivity index (χ3v) is 5.62. The normalized spacial score (nSPS) is 37.7. The fraction of sp³-hybridized carbons (Fsp3) is 1.00. The summed E-state index contributed by atoms with van der Waals surface area (Å²) in [5.74, 6) is 2.21. The van der Waals surface area contributed by atoms with Gasteiger partial charge < -0.3 is 10.0 Å². The molecule has 2 rings (SSSR count). The minimum Gasteiger partial charge on any atom is -0.390 e. The van der Waals surface area contributed by atoms with Crippen molar-refractivity contribution in [3.8, 4) is 0 Å². The van der Waals surface area contributed by atoms with Crippen molar-refractivity contribution in [3.05, 3.63) is 0 Å². The van der Waals surface area contributed by atoms with Crippen LogP contribution in [-0.4, -0.2) is 35.2 Å². The predicted octanol–water partition coefficient (Wildman–Crippen LogP) is 3.30. The molecule has 2 heteroatoms. The summed E-state index contributed by atoms with van der Waals surface area (Å²) in [5, 5.41) is 11.0. The van der Waals surface area contributed by atoms with Crippen molar-refractivity contribution in [1.82, 2.24) is 4.90 Å². The molecule has 1 aliphatic heterocycles. The predicted molar refractivity (Wildman–Crippen MR) is 76.6 cm³/mol. The van der Waals surface area contributed by atoms with E-state index in [2.05, 4.69) is 25.7 Å². The number of nitrogens with zero attached hydrogens (tertiary/aromatic N) is 1. The molecule has 0 amide bonds. The van der Waals surface area contributed by atoms with Gasteiger partial charge in [-0.15, -0.1) is 0 Å². The first-order valence-electron chi connectivity index (χ1n) is 8.00. The van der Waals surface area contributed by atoms with Crippen LogP contribution in [0.1, 0.15) is 59.3 Å². The smallest absolute Gasteiger partial charge is 0.0700 e. The lowest BCUT2D eigenvalue weighted by atomic mass is 9.67. The Kier molecular flexibility index (Phi) is 4.71. The Morgan fingerprint density at radius 3 is 2.33 bits per heavy atom.